The maximum absolute atomic E-state index is 11.5. The van der Waals surface area contributed by atoms with Gasteiger partial charge in [-0.3, -0.25) is 4.98 Å². The highest BCUT2D eigenvalue weighted by Gasteiger charge is 2.38. The van der Waals surface area contributed by atoms with Gasteiger partial charge < -0.3 is 9.67 Å². The summed E-state index contributed by atoms with van der Waals surface area (Å²) in [6.45, 7) is 0. The Labute approximate surface area is 210 Å². The number of rotatable bonds is 6. The zero-order valence-corrected chi connectivity index (χ0v) is 19.6. The molecule has 0 aliphatic carbocycles. The number of fused-ring (bicyclic) bond motifs is 1. The van der Waals surface area contributed by atoms with Gasteiger partial charge in [-0.15, -0.1) is 0 Å². The number of imidazole rings is 1. The van der Waals surface area contributed by atoms with Crippen molar-refractivity contribution >= 4 is 10.9 Å². The lowest BCUT2D eigenvalue weighted by atomic mass is 9.77. The van der Waals surface area contributed by atoms with Crippen LogP contribution in [0.15, 0.2) is 140 Å². The van der Waals surface area contributed by atoms with Crippen LogP contribution >= 0.6 is 0 Å². The molecule has 36 heavy (non-hydrogen) atoms. The van der Waals surface area contributed by atoms with Gasteiger partial charge in [0, 0.05) is 17.8 Å². The number of para-hydroxylation sites is 1. The summed E-state index contributed by atoms with van der Waals surface area (Å²) in [6, 6.07) is 41.0. The highest BCUT2D eigenvalue weighted by Crippen LogP contribution is 2.41. The van der Waals surface area contributed by atoms with E-state index >= 15 is 0 Å². The number of aromatic nitrogens is 3. The Morgan fingerprint density at radius 3 is 1.72 bits per heavy atom. The summed E-state index contributed by atoms with van der Waals surface area (Å²) in [5.41, 5.74) is 4.87. The SMILES string of the molecule is OC(c1cn(C(c2ccccc2)(c2ccccc2)c2ccccc2)cn1)c1ccnc2ccccc12. The van der Waals surface area contributed by atoms with Crippen molar-refractivity contribution in [3.63, 3.8) is 0 Å². The third kappa shape index (κ3) is 3.60. The molecule has 1 unspecified atom stereocenters. The van der Waals surface area contributed by atoms with E-state index in [9.17, 15) is 5.11 Å². The molecule has 1 N–H and O–H groups in total. The van der Waals surface area contributed by atoms with Crippen LogP contribution in [-0.4, -0.2) is 19.6 Å². The summed E-state index contributed by atoms with van der Waals surface area (Å²) in [6.07, 6.45) is 4.64. The third-order valence-electron chi connectivity index (χ3n) is 6.82. The second-order valence-corrected chi connectivity index (χ2v) is 8.83. The molecule has 0 saturated heterocycles. The molecule has 1 atom stereocenters. The van der Waals surface area contributed by atoms with Gasteiger partial charge in [0.15, 0.2) is 0 Å². The maximum Gasteiger partial charge on any atom is 0.123 e. The molecule has 0 aliphatic heterocycles. The van der Waals surface area contributed by atoms with Crippen molar-refractivity contribution in [1.29, 1.82) is 0 Å². The molecular weight excluding hydrogens is 442 g/mol. The van der Waals surface area contributed by atoms with Crippen molar-refractivity contribution in [2.45, 2.75) is 11.6 Å². The lowest BCUT2D eigenvalue weighted by Gasteiger charge is -2.37. The minimum absolute atomic E-state index is 0.582. The van der Waals surface area contributed by atoms with E-state index in [1.165, 1.54) is 0 Å². The van der Waals surface area contributed by atoms with Crippen LogP contribution in [-0.2, 0) is 5.54 Å². The fraction of sp³-hybridized carbons (Fsp3) is 0.0625. The molecule has 0 spiro atoms. The van der Waals surface area contributed by atoms with E-state index in [0.29, 0.717) is 5.69 Å². The van der Waals surface area contributed by atoms with Crippen LogP contribution in [0.25, 0.3) is 10.9 Å². The van der Waals surface area contributed by atoms with E-state index in [4.69, 9.17) is 4.98 Å². The molecule has 0 bridgehead atoms. The molecule has 0 amide bonds. The van der Waals surface area contributed by atoms with Gasteiger partial charge in [-0.1, -0.05) is 109 Å². The second-order valence-electron chi connectivity index (χ2n) is 8.83. The van der Waals surface area contributed by atoms with Gasteiger partial charge in [0.25, 0.3) is 0 Å². The normalized spacial score (nSPS) is 12.5. The Bertz CT molecular complexity index is 1490. The largest absolute Gasteiger partial charge is 0.382 e. The Balaban J connectivity index is 1.57. The zero-order chi connectivity index (χ0) is 24.4. The second kappa shape index (κ2) is 9.25. The molecule has 0 fully saturated rings. The first-order valence-corrected chi connectivity index (χ1v) is 12.0. The summed E-state index contributed by atoms with van der Waals surface area (Å²) in [4.78, 5) is 9.18. The number of benzene rings is 4. The van der Waals surface area contributed by atoms with Crippen LogP contribution in [0.5, 0.6) is 0 Å². The Morgan fingerprint density at radius 1 is 0.611 bits per heavy atom. The molecule has 4 aromatic carbocycles. The van der Waals surface area contributed by atoms with Gasteiger partial charge in [0.1, 0.15) is 11.6 Å². The standard InChI is InChI=1S/C32H25N3O/c36-31(28-20-21-33-29-19-11-10-18-27(28)29)30-22-35(23-34-30)32(24-12-4-1-5-13-24,25-14-6-2-7-15-25)26-16-8-3-9-17-26/h1-23,31,36H. The van der Waals surface area contributed by atoms with Crippen molar-refractivity contribution in [3.05, 3.63) is 168 Å². The van der Waals surface area contributed by atoms with Gasteiger partial charge in [0.05, 0.1) is 17.5 Å². The van der Waals surface area contributed by atoms with Gasteiger partial charge in [-0.05, 0) is 34.4 Å². The van der Waals surface area contributed by atoms with Crippen molar-refractivity contribution in [1.82, 2.24) is 14.5 Å². The predicted molar refractivity (Wildman–Crippen MR) is 143 cm³/mol. The molecular formula is C32H25N3O. The highest BCUT2D eigenvalue weighted by molar-refractivity contribution is 5.82. The first-order valence-electron chi connectivity index (χ1n) is 12.0. The van der Waals surface area contributed by atoms with Crippen LogP contribution in [0.1, 0.15) is 34.1 Å². The smallest absolute Gasteiger partial charge is 0.123 e. The summed E-state index contributed by atoms with van der Waals surface area (Å²) in [7, 11) is 0. The number of aliphatic hydroxyl groups is 1. The summed E-state index contributed by atoms with van der Waals surface area (Å²) >= 11 is 0. The Morgan fingerprint density at radius 2 is 1.14 bits per heavy atom. The highest BCUT2D eigenvalue weighted by atomic mass is 16.3. The van der Waals surface area contributed by atoms with Crippen LogP contribution in [0.3, 0.4) is 0 Å². The third-order valence-corrected chi connectivity index (χ3v) is 6.82. The first kappa shape index (κ1) is 22.0. The summed E-state index contributed by atoms with van der Waals surface area (Å²) < 4.78 is 2.12. The molecule has 4 heteroatoms. The summed E-state index contributed by atoms with van der Waals surface area (Å²) in [5, 5.41) is 12.4. The first-order chi connectivity index (χ1) is 17.8. The lowest BCUT2D eigenvalue weighted by molar-refractivity contribution is 0.217. The van der Waals surface area contributed by atoms with E-state index in [2.05, 4.69) is 82.3 Å². The fourth-order valence-corrected chi connectivity index (χ4v) is 5.16. The van der Waals surface area contributed by atoms with Crippen molar-refractivity contribution in [2.24, 2.45) is 0 Å². The molecule has 174 valence electrons. The van der Waals surface area contributed by atoms with Crippen LogP contribution < -0.4 is 0 Å². The number of hydrogen-bond acceptors (Lipinski definition) is 3. The molecule has 4 nitrogen and oxygen atoms in total. The van der Waals surface area contributed by atoms with E-state index in [1.807, 2.05) is 61.1 Å². The van der Waals surface area contributed by atoms with Crippen molar-refractivity contribution < 1.29 is 5.11 Å². The number of aliphatic hydroxyl groups excluding tert-OH is 1. The average Bonchev–Trinajstić information content (AvgIpc) is 3.45. The van der Waals surface area contributed by atoms with Crippen molar-refractivity contribution in [3.8, 4) is 0 Å². The molecule has 2 heterocycles. The number of nitrogens with zero attached hydrogens (tertiary/aromatic N) is 3. The van der Waals surface area contributed by atoms with E-state index < -0.39 is 11.6 Å². The minimum atomic E-state index is -0.890. The van der Waals surface area contributed by atoms with Crippen molar-refractivity contribution in [2.75, 3.05) is 0 Å². The van der Waals surface area contributed by atoms with E-state index in [1.54, 1.807) is 6.20 Å². The lowest BCUT2D eigenvalue weighted by Crippen LogP contribution is -2.37. The molecule has 0 aliphatic rings. The Hall–Kier alpha value is -4.54. The average molecular weight is 468 g/mol. The molecule has 0 radical (unpaired) electrons. The fourth-order valence-electron chi connectivity index (χ4n) is 5.16. The molecule has 6 aromatic rings. The van der Waals surface area contributed by atoms with Crippen LogP contribution in [0, 0.1) is 0 Å². The topological polar surface area (TPSA) is 50.9 Å². The zero-order valence-electron chi connectivity index (χ0n) is 19.6. The van der Waals surface area contributed by atoms with E-state index in [0.717, 1.165) is 33.2 Å². The van der Waals surface area contributed by atoms with Gasteiger partial charge in [-0.25, -0.2) is 4.98 Å². The van der Waals surface area contributed by atoms with Gasteiger partial charge >= 0.3 is 0 Å². The van der Waals surface area contributed by atoms with Gasteiger partial charge in [0.2, 0.25) is 0 Å². The van der Waals surface area contributed by atoms with Crippen LogP contribution in [0.2, 0.25) is 0 Å². The number of hydrogen-bond donors (Lipinski definition) is 1. The number of pyridine rings is 1. The van der Waals surface area contributed by atoms with Crippen LogP contribution in [0.4, 0.5) is 0 Å². The van der Waals surface area contributed by atoms with Gasteiger partial charge in [-0.2, -0.15) is 0 Å². The maximum atomic E-state index is 11.5. The van der Waals surface area contributed by atoms with E-state index in [-0.39, 0.29) is 0 Å². The predicted octanol–water partition coefficient (Wildman–Crippen LogP) is 6.35. The molecule has 2 aromatic heterocycles. The Kier molecular flexibility index (Phi) is 5.64. The summed E-state index contributed by atoms with van der Waals surface area (Å²) in [5.74, 6) is 0. The molecule has 0 saturated carbocycles. The monoisotopic (exact) mass is 467 g/mol. The quantitative estimate of drug-likeness (QED) is 0.290. The minimum Gasteiger partial charge on any atom is -0.382 e. The molecule has 6 rings (SSSR count).